The highest BCUT2D eigenvalue weighted by molar-refractivity contribution is 7.14. The molecule has 2 aromatic heterocycles. The quantitative estimate of drug-likeness (QED) is 0.0716. The topological polar surface area (TPSA) is 109 Å². The maximum Gasteiger partial charge on any atom is 0.161 e. The van der Waals surface area contributed by atoms with Crippen LogP contribution in [-0.4, -0.2) is 4.98 Å². The maximum atomic E-state index is 10.3. The summed E-state index contributed by atoms with van der Waals surface area (Å²) in [6.07, 6.45) is 17.5. The third-order valence-corrected chi connectivity index (χ3v) is 9.89. The van der Waals surface area contributed by atoms with E-state index in [-0.39, 0.29) is 0 Å². The van der Waals surface area contributed by atoms with Crippen molar-refractivity contribution in [3.8, 4) is 12.1 Å². The summed E-state index contributed by atoms with van der Waals surface area (Å²) in [5.41, 5.74) is 7.23. The number of pyridine rings is 1. The van der Waals surface area contributed by atoms with Crippen molar-refractivity contribution in [3.63, 3.8) is 0 Å². The molecule has 0 unspecified atom stereocenters. The van der Waals surface area contributed by atoms with Gasteiger partial charge in [-0.2, -0.15) is 10.5 Å². The Morgan fingerprint density at radius 3 is 1.63 bits per heavy atom. The van der Waals surface area contributed by atoms with Gasteiger partial charge in [-0.25, -0.2) is 4.98 Å². The van der Waals surface area contributed by atoms with Crippen LogP contribution in [0.2, 0.25) is 0 Å². The van der Waals surface area contributed by atoms with Gasteiger partial charge in [0.25, 0.3) is 0 Å². The van der Waals surface area contributed by atoms with Crippen LogP contribution in [0.4, 0.5) is 33.7 Å². The highest BCUT2D eigenvalue weighted by Crippen LogP contribution is 2.39. The minimum absolute atomic E-state index is 0.396. The SMILES string of the molecule is CCCCCCCCc1ccc(Nc2nc(Nc3ccc(CCCCCCCC)cc3)c(N=Nc3scc(C)c3C#N)c(C)c2C#N)cc1. The molecule has 7 nitrogen and oxygen atoms in total. The number of nitrogens with zero attached hydrogens (tertiary/aromatic N) is 5. The molecule has 0 aliphatic heterocycles. The summed E-state index contributed by atoms with van der Waals surface area (Å²) in [6.45, 7) is 8.25. The third kappa shape index (κ3) is 11.3. The second-order valence-electron chi connectivity index (χ2n) is 12.9. The van der Waals surface area contributed by atoms with Gasteiger partial charge in [-0.3, -0.25) is 0 Å². The van der Waals surface area contributed by atoms with Gasteiger partial charge in [0.15, 0.2) is 16.6 Å². The summed E-state index contributed by atoms with van der Waals surface area (Å²) in [5.74, 6) is 0.937. The number of benzene rings is 2. The summed E-state index contributed by atoms with van der Waals surface area (Å²) in [5, 5.41) is 38.2. The number of hydrogen-bond acceptors (Lipinski definition) is 8. The molecule has 256 valence electrons. The lowest BCUT2D eigenvalue weighted by Crippen LogP contribution is -2.04. The van der Waals surface area contributed by atoms with Crippen LogP contribution in [0.1, 0.15) is 124 Å². The molecular formula is C41H51N7S. The zero-order valence-corrected chi connectivity index (χ0v) is 30.6. The Bertz CT molecular complexity index is 1720. The Morgan fingerprint density at radius 1 is 0.633 bits per heavy atom. The van der Waals surface area contributed by atoms with Gasteiger partial charge < -0.3 is 10.6 Å². The molecule has 2 N–H and O–H groups in total. The van der Waals surface area contributed by atoms with Gasteiger partial charge >= 0.3 is 0 Å². The Kier molecular flexibility index (Phi) is 15.3. The van der Waals surface area contributed by atoms with Gasteiger partial charge in [0.1, 0.15) is 17.8 Å². The van der Waals surface area contributed by atoms with Crippen molar-refractivity contribution in [2.75, 3.05) is 10.6 Å². The van der Waals surface area contributed by atoms with E-state index in [1.54, 1.807) is 0 Å². The Hall–Kier alpha value is -4.53. The summed E-state index contributed by atoms with van der Waals surface area (Å²) in [7, 11) is 0. The smallest absolute Gasteiger partial charge is 0.161 e. The first-order valence-electron chi connectivity index (χ1n) is 18.0. The predicted octanol–water partition coefficient (Wildman–Crippen LogP) is 13.2. The molecule has 8 heteroatoms. The maximum absolute atomic E-state index is 10.3. The number of azo groups is 1. The first-order valence-corrected chi connectivity index (χ1v) is 18.9. The molecule has 0 amide bonds. The number of hydrogen-bond donors (Lipinski definition) is 2. The average Bonchev–Trinajstić information content (AvgIpc) is 3.47. The van der Waals surface area contributed by atoms with Crippen molar-refractivity contribution < 1.29 is 0 Å². The lowest BCUT2D eigenvalue weighted by molar-refractivity contribution is 0.607. The van der Waals surface area contributed by atoms with Gasteiger partial charge in [0.2, 0.25) is 0 Å². The molecule has 0 spiro atoms. The largest absolute Gasteiger partial charge is 0.339 e. The number of nitrogens with one attached hydrogen (secondary N) is 2. The molecule has 0 fully saturated rings. The van der Waals surface area contributed by atoms with E-state index >= 15 is 0 Å². The molecular weight excluding hydrogens is 623 g/mol. The number of thiophene rings is 1. The number of aryl methyl sites for hydroxylation is 3. The van der Waals surface area contributed by atoms with Gasteiger partial charge in [-0.15, -0.1) is 21.6 Å². The molecule has 2 heterocycles. The summed E-state index contributed by atoms with van der Waals surface area (Å²) < 4.78 is 0. The number of nitriles is 2. The van der Waals surface area contributed by atoms with Gasteiger partial charge in [-0.05, 0) is 85.9 Å². The fraction of sp³-hybridized carbons (Fsp3) is 0.439. The number of anilines is 4. The predicted molar refractivity (Wildman–Crippen MR) is 205 cm³/mol. The highest BCUT2D eigenvalue weighted by atomic mass is 32.1. The van der Waals surface area contributed by atoms with E-state index in [0.717, 1.165) is 29.8 Å². The Morgan fingerprint density at radius 2 is 1.12 bits per heavy atom. The first-order chi connectivity index (χ1) is 24.0. The first kappa shape index (κ1) is 37.3. The van der Waals surface area contributed by atoms with E-state index in [1.807, 2.05) is 19.2 Å². The zero-order chi connectivity index (χ0) is 34.8. The van der Waals surface area contributed by atoms with E-state index in [1.165, 1.54) is 99.5 Å². The molecule has 0 saturated heterocycles. The molecule has 0 bridgehead atoms. The molecule has 4 aromatic rings. The minimum atomic E-state index is 0.396. The van der Waals surface area contributed by atoms with Crippen molar-refractivity contribution in [1.82, 2.24) is 4.98 Å². The summed E-state index contributed by atoms with van der Waals surface area (Å²) in [6, 6.07) is 21.4. The molecule has 0 saturated carbocycles. The number of unbranched alkanes of at least 4 members (excludes halogenated alkanes) is 10. The molecule has 2 aromatic carbocycles. The van der Waals surface area contributed by atoms with Crippen molar-refractivity contribution in [2.24, 2.45) is 10.2 Å². The number of rotatable bonds is 20. The van der Waals surface area contributed by atoms with Gasteiger partial charge in [0, 0.05) is 16.9 Å². The van der Waals surface area contributed by atoms with E-state index in [2.05, 4.69) is 95.4 Å². The van der Waals surface area contributed by atoms with Gasteiger partial charge in [0.05, 0.1) is 11.1 Å². The normalized spacial score (nSPS) is 11.1. The van der Waals surface area contributed by atoms with Crippen LogP contribution < -0.4 is 10.6 Å². The Labute approximate surface area is 297 Å². The van der Waals surface area contributed by atoms with Crippen LogP contribution >= 0.6 is 11.3 Å². The van der Waals surface area contributed by atoms with Gasteiger partial charge in [-0.1, -0.05) is 102 Å². The van der Waals surface area contributed by atoms with E-state index < -0.39 is 0 Å². The average molecular weight is 674 g/mol. The summed E-state index contributed by atoms with van der Waals surface area (Å²) in [4.78, 5) is 4.91. The number of aromatic nitrogens is 1. The van der Waals surface area contributed by atoms with Crippen LogP contribution in [0.5, 0.6) is 0 Å². The minimum Gasteiger partial charge on any atom is -0.339 e. The highest BCUT2D eigenvalue weighted by Gasteiger charge is 2.19. The molecule has 49 heavy (non-hydrogen) atoms. The van der Waals surface area contributed by atoms with E-state index in [4.69, 9.17) is 4.98 Å². The van der Waals surface area contributed by atoms with E-state index in [0.29, 0.717) is 39.0 Å². The second-order valence-corrected chi connectivity index (χ2v) is 13.7. The van der Waals surface area contributed by atoms with Crippen LogP contribution in [0.3, 0.4) is 0 Å². The van der Waals surface area contributed by atoms with Crippen molar-refractivity contribution >= 4 is 45.0 Å². The molecule has 0 radical (unpaired) electrons. The Balaban J connectivity index is 1.56. The standard InChI is InChI=1S/C41H51N7S/c1-5-7-9-11-13-15-17-32-19-23-34(24-20-32)44-39-37(28-43)31(4)38(47-48-41-36(27-42)30(3)29-49-41)40(46-39)45-35-25-21-33(22-26-35)18-16-14-12-10-8-6-2/h19-26,29H,5-18H2,1-4H3,(H2,44,45,46). The third-order valence-electron chi connectivity index (χ3n) is 8.91. The zero-order valence-electron chi connectivity index (χ0n) is 29.7. The van der Waals surface area contributed by atoms with Crippen LogP contribution in [-0.2, 0) is 12.8 Å². The van der Waals surface area contributed by atoms with Crippen molar-refractivity contribution in [1.29, 1.82) is 10.5 Å². The van der Waals surface area contributed by atoms with Crippen molar-refractivity contribution in [3.05, 3.63) is 87.3 Å². The molecule has 4 rings (SSSR count). The van der Waals surface area contributed by atoms with Crippen LogP contribution in [0, 0.1) is 36.5 Å². The second kappa shape index (κ2) is 20.1. The van der Waals surface area contributed by atoms with Crippen LogP contribution in [0.25, 0.3) is 0 Å². The lowest BCUT2D eigenvalue weighted by atomic mass is 10.0. The molecule has 0 atom stereocenters. The fourth-order valence-electron chi connectivity index (χ4n) is 5.87. The van der Waals surface area contributed by atoms with E-state index in [9.17, 15) is 10.5 Å². The lowest BCUT2D eigenvalue weighted by Gasteiger charge is -2.16. The summed E-state index contributed by atoms with van der Waals surface area (Å²) >= 11 is 1.37. The fourth-order valence-corrected chi connectivity index (χ4v) is 6.69. The molecule has 0 aliphatic carbocycles. The van der Waals surface area contributed by atoms with Crippen molar-refractivity contribution in [2.45, 2.75) is 118 Å². The molecule has 0 aliphatic rings. The monoisotopic (exact) mass is 673 g/mol. The van der Waals surface area contributed by atoms with Crippen LogP contribution in [0.15, 0.2) is 64.1 Å².